The molecule has 0 aromatic carbocycles. The summed E-state index contributed by atoms with van der Waals surface area (Å²) in [5, 5.41) is 7.98. The molecule has 26 heavy (non-hydrogen) atoms. The number of hydrogen-bond acceptors (Lipinski definition) is 3. The van der Waals surface area contributed by atoms with Crippen LogP contribution in [0.25, 0.3) is 0 Å². The van der Waals surface area contributed by atoms with E-state index < -0.39 is 0 Å². The molecule has 0 bridgehead atoms. The van der Waals surface area contributed by atoms with Crippen molar-refractivity contribution in [1.29, 1.82) is 0 Å². The molecule has 2 heterocycles. The molecule has 1 atom stereocenters. The SMILES string of the molecule is C=C(/C=C\C=C/C)C1CC(C2CCCC(C3CCNCC3)CCC2)=NO1. The van der Waals surface area contributed by atoms with Crippen LogP contribution in [0.3, 0.4) is 0 Å². The van der Waals surface area contributed by atoms with Crippen molar-refractivity contribution < 1.29 is 4.84 Å². The monoisotopic (exact) mass is 356 g/mol. The van der Waals surface area contributed by atoms with E-state index in [4.69, 9.17) is 4.84 Å². The largest absolute Gasteiger partial charge is 0.387 e. The molecular formula is C23H36N2O. The van der Waals surface area contributed by atoms with E-state index in [2.05, 4.69) is 17.1 Å². The highest BCUT2D eigenvalue weighted by Crippen LogP contribution is 2.36. The molecule has 1 N–H and O–H groups in total. The highest BCUT2D eigenvalue weighted by Gasteiger charge is 2.30. The van der Waals surface area contributed by atoms with Gasteiger partial charge in [0.1, 0.15) is 0 Å². The molecule has 3 nitrogen and oxygen atoms in total. The Hall–Kier alpha value is -1.35. The summed E-state index contributed by atoms with van der Waals surface area (Å²) in [6, 6.07) is 0. The van der Waals surface area contributed by atoms with Crippen LogP contribution in [0.4, 0.5) is 0 Å². The van der Waals surface area contributed by atoms with Gasteiger partial charge in [0.15, 0.2) is 6.10 Å². The molecule has 1 saturated carbocycles. The van der Waals surface area contributed by atoms with Crippen molar-refractivity contribution in [3.63, 3.8) is 0 Å². The van der Waals surface area contributed by atoms with Crippen LogP contribution in [0.5, 0.6) is 0 Å². The molecule has 3 rings (SSSR count). The van der Waals surface area contributed by atoms with Crippen LogP contribution in [0.15, 0.2) is 41.6 Å². The maximum absolute atomic E-state index is 5.71. The van der Waals surface area contributed by atoms with Gasteiger partial charge in [0, 0.05) is 12.3 Å². The van der Waals surface area contributed by atoms with E-state index in [1.165, 1.54) is 70.2 Å². The highest BCUT2D eigenvalue weighted by molar-refractivity contribution is 5.88. The topological polar surface area (TPSA) is 33.6 Å². The third kappa shape index (κ3) is 5.33. The molecule has 2 aliphatic heterocycles. The fraction of sp³-hybridized carbons (Fsp3) is 0.696. The summed E-state index contributed by atoms with van der Waals surface area (Å²) in [6.45, 7) is 8.63. The average molecular weight is 357 g/mol. The van der Waals surface area contributed by atoms with Crippen LogP contribution in [0.2, 0.25) is 0 Å². The van der Waals surface area contributed by atoms with E-state index in [9.17, 15) is 0 Å². The lowest BCUT2D eigenvalue weighted by Gasteiger charge is -2.33. The minimum absolute atomic E-state index is 0.0411. The summed E-state index contributed by atoms with van der Waals surface area (Å²) in [5.41, 5.74) is 2.31. The van der Waals surface area contributed by atoms with Crippen LogP contribution < -0.4 is 5.32 Å². The van der Waals surface area contributed by atoms with E-state index in [0.717, 1.165) is 23.8 Å². The van der Waals surface area contributed by atoms with Crippen LogP contribution in [-0.2, 0) is 4.84 Å². The Kier molecular flexibility index (Phi) is 7.55. The van der Waals surface area contributed by atoms with Gasteiger partial charge in [-0.15, -0.1) is 0 Å². The predicted octanol–water partition coefficient (Wildman–Crippen LogP) is 5.41. The zero-order chi connectivity index (χ0) is 18.2. The van der Waals surface area contributed by atoms with Crippen molar-refractivity contribution in [3.8, 4) is 0 Å². The lowest BCUT2D eigenvalue weighted by molar-refractivity contribution is 0.114. The standard InChI is InChI=1S/C23H36N2O/c1-3-4-5-8-18(2)23-17-22(25-26-23)21-11-6-9-19(10-7-12-21)20-13-15-24-16-14-20/h3-5,8,19-21,23-24H,2,6-7,9-17H2,1H3/b4-3-,8-5-. The van der Waals surface area contributed by atoms with Gasteiger partial charge in [0.05, 0.1) is 5.71 Å². The molecule has 1 aliphatic carbocycles. The maximum Gasteiger partial charge on any atom is 0.157 e. The Labute approximate surface area is 159 Å². The minimum Gasteiger partial charge on any atom is -0.387 e. The first-order chi connectivity index (χ1) is 12.8. The Balaban J connectivity index is 1.45. The molecule has 3 aliphatic rings. The second-order valence-corrected chi connectivity index (χ2v) is 8.25. The Morgan fingerprint density at radius 3 is 2.42 bits per heavy atom. The Morgan fingerprint density at radius 2 is 1.73 bits per heavy atom. The van der Waals surface area contributed by atoms with Crippen molar-refractivity contribution in [1.82, 2.24) is 5.32 Å². The van der Waals surface area contributed by atoms with E-state index in [1.807, 2.05) is 31.2 Å². The van der Waals surface area contributed by atoms with E-state index in [-0.39, 0.29) is 6.10 Å². The zero-order valence-electron chi connectivity index (χ0n) is 16.5. The van der Waals surface area contributed by atoms with Gasteiger partial charge in [-0.25, -0.2) is 0 Å². The van der Waals surface area contributed by atoms with Crippen LogP contribution in [0.1, 0.15) is 64.7 Å². The lowest BCUT2D eigenvalue weighted by atomic mass is 9.75. The summed E-state index contributed by atoms with van der Waals surface area (Å²) in [5.74, 6) is 2.56. The maximum atomic E-state index is 5.71. The van der Waals surface area contributed by atoms with Crippen LogP contribution in [-0.4, -0.2) is 24.9 Å². The number of nitrogens with one attached hydrogen (secondary N) is 1. The third-order valence-corrected chi connectivity index (χ3v) is 6.50. The van der Waals surface area contributed by atoms with Gasteiger partial charge in [-0.2, -0.15) is 0 Å². The van der Waals surface area contributed by atoms with Crippen molar-refractivity contribution in [3.05, 3.63) is 36.5 Å². The fourth-order valence-corrected chi connectivity index (χ4v) is 4.90. The van der Waals surface area contributed by atoms with Gasteiger partial charge in [0.2, 0.25) is 0 Å². The molecule has 3 heteroatoms. The van der Waals surface area contributed by atoms with Gasteiger partial charge < -0.3 is 10.2 Å². The predicted molar refractivity (Wildman–Crippen MR) is 110 cm³/mol. The quantitative estimate of drug-likeness (QED) is 0.669. The first-order valence-electron chi connectivity index (χ1n) is 10.7. The number of rotatable bonds is 5. The summed E-state index contributed by atoms with van der Waals surface area (Å²) >= 11 is 0. The molecule has 0 radical (unpaired) electrons. The van der Waals surface area contributed by atoms with Gasteiger partial charge in [-0.1, -0.05) is 61.7 Å². The lowest BCUT2D eigenvalue weighted by Crippen LogP contribution is -2.32. The number of hydrogen-bond donors (Lipinski definition) is 1. The van der Waals surface area contributed by atoms with E-state index >= 15 is 0 Å². The average Bonchev–Trinajstić information content (AvgIpc) is 3.13. The second kappa shape index (κ2) is 10.1. The first-order valence-corrected chi connectivity index (χ1v) is 10.7. The second-order valence-electron chi connectivity index (χ2n) is 8.25. The molecule has 0 aromatic heterocycles. The molecule has 1 unspecified atom stereocenters. The minimum atomic E-state index is 0.0411. The van der Waals surface area contributed by atoms with E-state index in [0.29, 0.717) is 5.92 Å². The number of nitrogens with zero attached hydrogens (tertiary/aromatic N) is 1. The number of allylic oxidation sites excluding steroid dienone is 3. The molecule has 0 amide bonds. The Morgan fingerprint density at radius 1 is 1.04 bits per heavy atom. The van der Waals surface area contributed by atoms with Crippen molar-refractivity contribution in [2.24, 2.45) is 22.9 Å². The summed E-state index contributed by atoms with van der Waals surface area (Å²) in [7, 11) is 0. The van der Waals surface area contributed by atoms with Crippen molar-refractivity contribution in [2.75, 3.05) is 13.1 Å². The first kappa shape index (κ1) is 19.4. The van der Waals surface area contributed by atoms with Crippen LogP contribution >= 0.6 is 0 Å². The Bertz CT molecular complexity index is 532. The molecule has 0 spiro atoms. The van der Waals surface area contributed by atoms with Gasteiger partial charge in [-0.3, -0.25) is 0 Å². The van der Waals surface area contributed by atoms with E-state index in [1.54, 1.807) is 0 Å². The smallest absolute Gasteiger partial charge is 0.157 e. The molecule has 0 aromatic rings. The molecule has 1 saturated heterocycles. The summed E-state index contributed by atoms with van der Waals surface area (Å²) in [6.07, 6.45) is 20.0. The van der Waals surface area contributed by atoms with Gasteiger partial charge in [0.25, 0.3) is 0 Å². The zero-order valence-corrected chi connectivity index (χ0v) is 16.5. The molecular weight excluding hydrogens is 320 g/mol. The fourth-order valence-electron chi connectivity index (χ4n) is 4.90. The number of oxime groups is 1. The molecule has 2 fully saturated rings. The van der Waals surface area contributed by atoms with Gasteiger partial charge >= 0.3 is 0 Å². The summed E-state index contributed by atoms with van der Waals surface area (Å²) < 4.78 is 0. The normalized spacial score (nSPS) is 31.6. The third-order valence-electron chi connectivity index (χ3n) is 6.50. The van der Waals surface area contributed by atoms with Crippen LogP contribution in [0, 0.1) is 17.8 Å². The van der Waals surface area contributed by atoms with Crippen molar-refractivity contribution >= 4 is 5.71 Å². The highest BCUT2D eigenvalue weighted by atomic mass is 16.6. The molecule has 144 valence electrons. The number of piperidine rings is 1. The van der Waals surface area contributed by atoms with Gasteiger partial charge in [-0.05, 0) is 63.1 Å². The van der Waals surface area contributed by atoms with Crippen molar-refractivity contribution in [2.45, 2.75) is 70.8 Å². The summed E-state index contributed by atoms with van der Waals surface area (Å²) in [4.78, 5) is 5.71.